The summed E-state index contributed by atoms with van der Waals surface area (Å²) in [7, 11) is 0. The molecule has 0 radical (unpaired) electrons. The highest BCUT2D eigenvalue weighted by Gasteiger charge is 2.18. The molecule has 29 heavy (non-hydrogen) atoms. The van der Waals surface area contributed by atoms with E-state index in [-0.39, 0.29) is 11.2 Å². The predicted molar refractivity (Wildman–Crippen MR) is 110 cm³/mol. The number of hydrogen-bond donors (Lipinski definition) is 0. The number of rotatable bonds is 5. The summed E-state index contributed by atoms with van der Waals surface area (Å²) < 4.78 is 16.6. The monoisotopic (exact) mass is 386 g/mol. The minimum absolute atomic E-state index is 0.142. The van der Waals surface area contributed by atoms with Crippen LogP contribution < -0.4 is 14.9 Å². The minimum atomic E-state index is -0.791. The van der Waals surface area contributed by atoms with Crippen LogP contribution in [0.15, 0.2) is 94.3 Å². The smallest absolute Gasteiger partial charge is 0.352 e. The molecule has 0 aliphatic heterocycles. The summed E-state index contributed by atoms with van der Waals surface area (Å²) in [6, 6.07) is 23.0. The Morgan fingerprint density at radius 3 is 2.31 bits per heavy atom. The molecule has 1 aromatic heterocycles. The number of benzene rings is 3. The first kappa shape index (κ1) is 18.5. The topological polar surface area (TPSA) is 65.7 Å². The number of ether oxygens (including phenoxy) is 2. The van der Waals surface area contributed by atoms with Gasteiger partial charge in [-0.15, -0.1) is 0 Å². The van der Waals surface area contributed by atoms with Crippen LogP contribution >= 0.6 is 0 Å². The zero-order chi connectivity index (χ0) is 20.2. The lowest BCUT2D eigenvalue weighted by Gasteiger charge is -2.13. The molecule has 4 rings (SSSR count). The van der Waals surface area contributed by atoms with E-state index in [4.69, 9.17) is 13.9 Å². The van der Waals surface area contributed by atoms with Crippen molar-refractivity contribution < 1.29 is 18.7 Å². The van der Waals surface area contributed by atoms with Crippen molar-refractivity contribution >= 4 is 16.9 Å². The maximum atomic E-state index is 12.8. The molecule has 0 bridgehead atoms. The molecule has 144 valence electrons. The van der Waals surface area contributed by atoms with Crippen molar-refractivity contribution in [2.45, 2.75) is 13.0 Å². The van der Waals surface area contributed by atoms with Crippen LogP contribution in [0.2, 0.25) is 0 Å². The zero-order valence-corrected chi connectivity index (χ0v) is 15.7. The van der Waals surface area contributed by atoms with Crippen molar-refractivity contribution in [3.63, 3.8) is 0 Å². The second-order valence-electron chi connectivity index (χ2n) is 6.50. The molecule has 0 spiro atoms. The molecule has 0 fully saturated rings. The molecule has 0 saturated heterocycles. The van der Waals surface area contributed by atoms with E-state index in [0.717, 1.165) is 5.56 Å². The van der Waals surface area contributed by atoms with E-state index in [9.17, 15) is 9.59 Å². The van der Waals surface area contributed by atoms with Crippen molar-refractivity contribution in [1.29, 1.82) is 0 Å². The van der Waals surface area contributed by atoms with E-state index in [2.05, 4.69) is 0 Å². The van der Waals surface area contributed by atoms with E-state index < -0.39 is 12.1 Å². The highest BCUT2D eigenvalue weighted by atomic mass is 16.6. The lowest BCUT2D eigenvalue weighted by molar-refractivity contribution is -0.141. The fraction of sp³-hybridized carbons (Fsp3) is 0.0833. The highest BCUT2D eigenvalue weighted by molar-refractivity contribution is 5.84. The number of fused-ring (bicyclic) bond motifs is 1. The van der Waals surface area contributed by atoms with Crippen molar-refractivity contribution in [3.05, 3.63) is 95.3 Å². The van der Waals surface area contributed by atoms with Crippen molar-refractivity contribution in [3.8, 4) is 22.6 Å². The van der Waals surface area contributed by atoms with Crippen molar-refractivity contribution in [2.75, 3.05) is 0 Å². The van der Waals surface area contributed by atoms with Crippen LogP contribution in [0, 0.1) is 0 Å². The number of esters is 1. The van der Waals surface area contributed by atoms with Gasteiger partial charge in [0.25, 0.3) is 0 Å². The minimum Gasteiger partial charge on any atom is -0.479 e. The Labute approximate surface area is 167 Å². The van der Waals surface area contributed by atoms with E-state index in [1.165, 1.54) is 12.3 Å². The van der Waals surface area contributed by atoms with E-state index in [1.807, 2.05) is 48.5 Å². The average molecular weight is 386 g/mol. The molecule has 1 heterocycles. The summed E-state index contributed by atoms with van der Waals surface area (Å²) >= 11 is 0. The lowest BCUT2D eigenvalue weighted by Crippen LogP contribution is -2.28. The zero-order valence-electron chi connectivity index (χ0n) is 15.7. The van der Waals surface area contributed by atoms with Crippen LogP contribution in [0.1, 0.15) is 6.92 Å². The normalized spacial score (nSPS) is 11.8. The predicted octanol–water partition coefficient (Wildman–Crippen LogP) is 4.83. The maximum absolute atomic E-state index is 12.8. The third-order valence-corrected chi connectivity index (χ3v) is 4.44. The second kappa shape index (κ2) is 8.02. The van der Waals surface area contributed by atoms with Gasteiger partial charge in [0.2, 0.25) is 0 Å². The Balaban J connectivity index is 1.55. The van der Waals surface area contributed by atoms with Gasteiger partial charge >= 0.3 is 5.97 Å². The molecule has 0 aliphatic rings. The summed E-state index contributed by atoms with van der Waals surface area (Å²) in [6.45, 7) is 1.61. The number of carbonyl (C=O) groups is 1. The van der Waals surface area contributed by atoms with Gasteiger partial charge in [-0.2, -0.15) is 0 Å². The summed E-state index contributed by atoms with van der Waals surface area (Å²) in [6.07, 6.45) is 0.632. The van der Waals surface area contributed by atoms with E-state index in [0.29, 0.717) is 22.3 Å². The third-order valence-electron chi connectivity index (χ3n) is 4.44. The molecule has 0 saturated carbocycles. The van der Waals surface area contributed by atoms with Crippen molar-refractivity contribution in [1.82, 2.24) is 0 Å². The van der Waals surface area contributed by atoms with Gasteiger partial charge in [0.15, 0.2) is 11.5 Å². The molecule has 4 aromatic rings. The molecule has 3 aromatic carbocycles. The number of carbonyl (C=O) groups excluding carboxylic acids is 1. The van der Waals surface area contributed by atoms with Crippen LogP contribution in [0.25, 0.3) is 22.1 Å². The SMILES string of the molecule is C[C@H](Oc1ccccc1)C(=O)Oc1ccc2c(=O)c(-c3ccccc3)coc2c1. The van der Waals surface area contributed by atoms with Gasteiger partial charge in [0.05, 0.1) is 10.9 Å². The number of hydrogen-bond acceptors (Lipinski definition) is 5. The largest absolute Gasteiger partial charge is 0.479 e. The summed E-state index contributed by atoms with van der Waals surface area (Å²) in [5.74, 6) is 0.313. The summed E-state index contributed by atoms with van der Waals surface area (Å²) in [4.78, 5) is 25.1. The van der Waals surface area contributed by atoms with Crippen LogP contribution in [-0.4, -0.2) is 12.1 Å². The fourth-order valence-corrected chi connectivity index (χ4v) is 2.94. The Morgan fingerprint density at radius 1 is 0.897 bits per heavy atom. The fourth-order valence-electron chi connectivity index (χ4n) is 2.94. The summed E-state index contributed by atoms with van der Waals surface area (Å²) in [5, 5.41) is 0.416. The Morgan fingerprint density at radius 2 is 1.59 bits per heavy atom. The van der Waals surface area contributed by atoms with Gasteiger partial charge in [-0.05, 0) is 36.8 Å². The quantitative estimate of drug-likeness (QED) is 0.363. The maximum Gasteiger partial charge on any atom is 0.352 e. The average Bonchev–Trinajstić information content (AvgIpc) is 2.75. The van der Waals surface area contributed by atoms with E-state index >= 15 is 0 Å². The molecule has 0 amide bonds. The first-order valence-electron chi connectivity index (χ1n) is 9.16. The van der Waals surface area contributed by atoms with Gasteiger partial charge in [-0.3, -0.25) is 4.79 Å². The second-order valence-corrected chi connectivity index (χ2v) is 6.50. The first-order valence-corrected chi connectivity index (χ1v) is 9.16. The van der Waals surface area contributed by atoms with Crippen molar-refractivity contribution in [2.24, 2.45) is 0 Å². The molecule has 0 N–H and O–H groups in total. The van der Waals surface area contributed by atoms with E-state index in [1.54, 1.807) is 31.2 Å². The molecular weight excluding hydrogens is 368 g/mol. The van der Waals surface area contributed by atoms with Crippen LogP contribution in [0.4, 0.5) is 0 Å². The molecule has 0 aliphatic carbocycles. The number of para-hydroxylation sites is 1. The van der Waals surface area contributed by atoms with Crippen LogP contribution in [0.5, 0.6) is 11.5 Å². The third kappa shape index (κ3) is 4.04. The lowest BCUT2D eigenvalue weighted by atomic mass is 10.1. The van der Waals surface area contributed by atoms with Crippen LogP contribution in [0.3, 0.4) is 0 Å². The molecule has 0 unspecified atom stereocenters. The summed E-state index contributed by atoms with van der Waals surface area (Å²) in [5.41, 5.74) is 1.46. The molecule has 1 atom stereocenters. The Kier molecular flexibility index (Phi) is 5.12. The highest BCUT2D eigenvalue weighted by Crippen LogP contribution is 2.23. The first-order chi connectivity index (χ1) is 14.1. The van der Waals surface area contributed by atoms with Gasteiger partial charge < -0.3 is 13.9 Å². The van der Waals surface area contributed by atoms with Crippen LogP contribution in [-0.2, 0) is 4.79 Å². The van der Waals surface area contributed by atoms with Gasteiger partial charge in [-0.25, -0.2) is 4.79 Å². The van der Waals surface area contributed by atoms with Gasteiger partial charge in [0, 0.05) is 6.07 Å². The Hall–Kier alpha value is -3.86. The molecule has 5 nitrogen and oxygen atoms in total. The van der Waals surface area contributed by atoms with Gasteiger partial charge in [-0.1, -0.05) is 48.5 Å². The van der Waals surface area contributed by atoms with Gasteiger partial charge in [0.1, 0.15) is 23.3 Å². The molecule has 5 heteroatoms. The Bertz CT molecular complexity index is 1200. The molecular formula is C24H18O5. The standard InChI is InChI=1S/C24H18O5/c1-16(28-18-10-6-3-7-11-18)24(26)29-19-12-13-20-22(14-19)27-15-21(23(20)25)17-8-4-2-5-9-17/h2-16H,1H3/t16-/m0/s1.